The molecule has 0 aliphatic carbocycles. The van der Waals surface area contributed by atoms with Gasteiger partial charge in [-0.25, -0.2) is 4.98 Å². The Labute approximate surface area is 145 Å². The van der Waals surface area contributed by atoms with E-state index in [0.717, 1.165) is 16.6 Å². The maximum absolute atomic E-state index is 9.22. The van der Waals surface area contributed by atoms with Crippen molar-refractivity contribution in [1.82, 2.24) is 15.2 Å². The van der Waals surface area contributed by atoms with Crippen molar-refractivity contribution in [3.05, 3.63) is 52.3 Å². The van der Waals surface area contributed by atoms with E-state index in [-0.39, 0.29) is 5.41 Å². The Kier molecular flexibility index (Phi) is 4.16. The number of H-pyrrole nitrogens is 1. The Hall–Kier alpha value is -2.58. The van der Waals surface area contributed by atoms with Crippen LogP contribution in [0.25, 0.3) is 11.0 Å². The molecule has 122 valence electrons. The summed E-state index contributed by atoms with van der Waals surface area (Å²) < 4.78 is 6.00. The summed E-state index contributed by atoms with van der Waals surface area (Å²) >= 11 is 6.18. The van der Waals surface area contributed by atoms with Crippen LogP contribution in [0, 0.1) is 11.3 Å². The molecule has 0 saturated carbocycles. The molecule has 0 atom stereocenters. The molecule has 0 saturated heterocycles. The third kappa shape index (κ3) is 3.06. The number of benzene rings is 1. The summed E-state index contributed by atoms with van der Waals surface area (Å²) in [6.07, 6.45) is 1.70. The number of fused-ring (bicyclic) bond motifs is 1. The molecule has 1 aromatic carbocycles. The van der Waals surface area contributed by atoms with Crippen LogP contribution in [0.2, 0.25) is 5.02 Å². The Bertz CT molecular complexity index is 934. The van der Waals surface area contributed by atoms with Crippen molar-refractivity contribution in [2.24, 2.45) is 0 Å². The molecule has 2 aromatic heterocycles. The normalized spacial score (nSPS) is 11.5. The topological polar surface area (TPSA) is 74.6 Å². The fourth-order valence-corrected chi connectivity index (χ4v) is 2.71. The second-order valence-corrected chi connectivity index (χ2v) is 6.96. The molecule has 0 spiro atoms. The average Bonchev–Trinajstić information content (AvgIpc) is 2.96. The molecule has 3 aromatic rings. The highest BCUT2D eigenvalue weighted by molar-refractivity contribution is 6.31. The van der Waals surface area contributed by atoms with Gasteiger partial charge in [0.25, 0.3) is 0 Å². The number of hydrogen-bond acceptors (Lipinski definition) is 4. The molecule has 1 N–H and O–H groups in total. The quantitative estimate of drug-likeness (QED) is 0.768. The molecule has 0 aliphatic heterocycles. The molecule has 0 radical (unpaired) electrons. The van der Waals surface area contributed by atoms with Gasteiger partial charge in [-0.2, -0.15) is 10.4 Å². The predicted molar refractivity (Wildman–Crippen MR) is 93.1 cm³/mol. The minimum Gasteiger partial charge on any atom is -0.487 e. The van der Waals surface area contributed by atoms with Crippen LogP contribution in [0.5, 0.6) is 5.75 Å². The molecule has 0 bridgehead atoms. The lowest BCUT2D eigenvalue weighted by molar-refractivity contribution is 0.294. The van der Waals surface area contributed by atoms with E-state index in [1.54, 1.807) is 12.3 Å². The largest absolute Gasteiger partial charge is 0.487 e. The molecule has 5 nitrogen and oxygen atoms in total. The van der Waals surface area contributed by atoms with Crippen molar-refractivity contribution in [2.45, 2.75) is 32.8 Å². The first kappa shape index (κ1) is 16.3. The van der Waals surface area contributed by atoms with E-state index in [0.29, 0.717) is 28.6 Å². The standard InChI is InChI=1S/C18H17ClN4O/c1-18(2,3)13-8-14(19)11(9-20)7-16(13)24-10-15-12-5-4-6-21-17(12)23-22-15/h4-8H,10H2,1-3H3,(H,21,22,23). The van der Waals surface area contributed by atoms with E-state index < -0.39 is 0 Å². The maximum atomic E-state index is 9.22. The Morgan fingerprint density at radius 2 is 2.12 bits per heavy atom. The minimum atomic E-state index is -0.162. The predicted octanol–water partition coefficient (Wildman–Crippen LogP) is 4.36. The molecule has 6 heteroatoms. The summed E-state index contributed by atoms with van der Waals surface area (Å²) in [4.78, 5) is 4.19. The summed E-state index contributed by atoms with van der Waals surface area (Å²) in [6, 6.07) is 9.40. The Balaban J connectivity index is 1.96. The monoisotopic (exact) mass is 340 g/mol. The van der Waals surface area contributed by atoms with Crippen molar-refractivity contribution < 1.29 is 4.74 Å². The van der Waals surface area contributed by atoms with Gasteiger partial charge in [0.05, 0.1) is 16.3 Å². The average molecular weight is 341 g/mol. The van der Waals surface area contributed by atoms with Crippen LogP contribution in [0.4, 0.5) is 0 Å². The second kappa shape index (κ2) is 6.14. The van der Waals surface area contributed by atoms with Crippen LogP contribution in [-0.2, 0) is 12.0 Å². The van der Waals surface area contributed by atoms with Crippen LogP contribution < -0.4 is 4.74 Å². The number of nitriles is 1. The van der Waals surface area contributed by atoms with Gasteiger partial charge in [-0.3, -0.25) is 5.10 Å². The lowest BCUT2D eigenvalue weighted by Crippen LogP contribution is -2.14. The number of pyridine rings is 1. The summed E-state index contributed by atoms with van der Waals surface area (Å²) in [7, 11) is 0. The zero-order chi connectivity index (χ0) is 17.3. The fraction of sp³-hybridized carbons (Fsp3) is 0.278. The molecule has 0 unspecified atom stereocenters. The first-order chi connectivity index (χ1) is 11.4. The van der Waals surface area contributed by atoms with E-state index in [1.807, 2.05) is 18.2 Å². The first-order valence-corrected chi connectivity index (χ1v) is 7.93. The number of nitrogens with one attached hydrogen (secondary N) is 1. The zero-order valence-corrected chi connectivity index (χ0v) is 14.5. The van der Waals surface area contributed by atoms with Gasteiger partial charge in [0.15, 0.2) is 5.65 Å². The van der Waals surface area contributed by atoms with Gasteiger partial charge in [-0.15, -0.1) is 0 Å². The van der Waals surface area contributed by atoms with Gasteiger partial charge < -0.3 is 4.74 Å². The summed E-state index contributed by atoms with van der Waals surface area (Å²) in [6.45, 7) is 6.53. The van der Waals surface area contributed by atoms with Gasteiger partial charge in [-0.1, -0.05) is 32.4 Å². The number of aromatic amines is 1. The van der Waals surface area contributed by atoms with Crippen LogP contribution in [0.3, 0.4) is 0 Å². The van der Waals surface area contributed by atoms with Crippen molar-refractivity contribution in [2.75, 3.05) is 0 Å². The molecule has 2 heterocycles. The van der Waals surface area contributed by atoms with Crippen molar-refractivity contribution in [1.29, 1.82) is 5.26 Å². The van der Waals surface area contributed by atoms with Gasteiger partial charge >= 0.3 is 0 Å². The fourth-order valence-electron chi connectivity index (χ4n) is 2.51. The highest BCUT2D eigenvalue weighted by atomic mass is 35.5. The maximum Gasteiger partial charge on any atom is 0.181 e. The number of ether oxygens (including phenoxy) is 1. The highest BCUT2D eigenvalue weighted by Gasteiger charge is 2.22. The van der Waals surface area contributed by atoms with Gasteiger partial charge in [0.2, 0.25) is 0 Å². The smallest absolute Gasteiger partial charge is 0.181 e. The second-order valence-electron chi connectivity index (χ2n) is 6.56. The molecular weight excluding hydrogens is 324 g/mol. The first-order valence-electron chi connectivity index (χ1n) is 7.55. The molecule has 0 aliphatic rings. The van der Waals surface area contributed by atoms with Crippen LogP contribution in [-0.4, -0.2) is 15.2 Å². The van der Waals surface area contributed by atoms with Crippen LogP contribution in [0.15, 0.2) is 30.5 Å². The summed E-state index contributed by atoms with van der Waals surface area (Å²) in [5.41, 5.74) is 2.68. The highest BCUT2D eigenvalue weighted by Crippen LogP contribution is 2.36. The number of hydrogen-bond donors (Lipinski definition) is 1. The van der Waals surface area contributed by atoms with Gasteiger partial charge in [0, 0.05) is 17.1 Å². The third-order valence-corrected chi connectivity index (χ3v) is 4.09. The molecule has 0 fully saturated rings. The Morgan fingerprint density at radius 1 is 1.33 bits per heavy atom. The van der Waals surface area contributed by atoms with Crippen molar-refractivity contribution in [3.8, 4) is 11.8 Å². The third-order valence-electron chi connectivity index (χ3n) is 3.78. The van der Waals surface area contributed by atoms with Crippen LogP contribution in [0.1, 0.15) is 37.6 Å². The lowest BCUT2D eigenvalue weighted by atomic mass is 9.86. The van der Waals surface area contributed by atoms with E-state index in [2.05, 4.69) is 42.0 Å². The number of nitrogens with zero attached hydrogens (tertiary/aromatic N) is 3. The summed E-state index contributed by atoms with van der Waals surface area (Å²) in [5, 5.41) is 17.7. The van der Waals surface area contributed by atoms with Crippen molar-refractivity contribution >= 4 is 22.6 Å². The van der Waals surface area contributed by atoms with Gasteiger partial charge in [0.1, 0.15) is 18.4 Å². The Morgan fingerprint density at radius 3 is 2.83 bits per heavy atom. The molecule has 0 amide bonds. The molecular formula is C18H17ClN4O. The summed E-state index contributed by atoms with van der Waals surface area (Å²) in [5.74, 6) is 0.648. The minimum absolute atomic E-state index is 0.162. The SMILES string of the molecule is CC(C)(C)c1cc(Cl)c(C#N)cc1OCc1[nH]nc2ncccc12. The molecule has 3 rings (SSSR count). The zero-order valence-electron chi connectivity index (χ0n) is 13.7. The van der Waals surface area contributed by atoms with E-state index >= 15 is 0 Å². The molecule has 24 heavy (non-hydrogen) atoms. The van der Waals surface area contributed by atoms with Crippen LogP contribution >= 0.6 is 11.6 Å². The van der Waals surface area contributed by atoms with E-state index in [1.165, 1.54) is 0 Å². The number of halogens is 1. The van der Waals surface area contributed by atoms with E-state index in [9.17, 15) is 5.26 Å². The number of rotatable bonds is 3. The van der Waals surface area contributed by atoms with E-state index in [4.69, 9.17) is 16.3 Å². The van der Waals surface area contributed by atoms with Crippen molar-refractivity contribution in [3.63, 3.8) is 0 Å². The number of aromatic nitrogens is 3. The lowest BCUT2D eigenvalue weighted by Gasteiger charge is -2.23. The van der Waals surface area contributed by atoms with Gasteiger partial charge in [-0.05, 0) is 29.7 Å².